The van der Waals surface area contributed by atoms with Gasteiger partial charge in [-0.2, -0.15) is 5.26 Å². The van der Waals surface area contributed by atoms with Crippen LogP contribution in [0.2, 0.25) is 0 Å². The zero-order valence-electron chi connectivity index (χ0n) is 9.58. The molecule has 1 saturated heterocycles. The molecule has 3 nitrogen and oxygen atoms in total. The molecule has 1 aromatic rings. The SMILES string of the molecule is N#Cc1cc(Br)ccc1NCCC1CCOC1. The molecule has 0 spiro atoms. The van der Waals surface area contributed by atoms with E-state index in [1.165, 1.54) is 0 Å². The van der Waals surface area contributed by atoms with Gasteiger partial charge in [-0.25, -0.2) is 0 Å². The molecule has 0 aromatic heterocycles. The molecule has 0 saturated carbocycles. The number of nitrogens with zero attached hydrogens (tertiary/aromatic N) is 1. The first kappa shape index (κ1) is 12.4. The Morgan fingerprint density at radius 3 is 3.12 bits per heavy atom. The van der Waals surface area contributed by atoms with Crippen LogP contribution in [0.15, 0.2) is 22.7 Å². The number of anilines is 1. The largest absolute Gasteiger partial charge is 0.384 e. The summed E-state index contributed by atoms with van der Waals surface area (Å²) in [5.74, 6) is 0.670. The van der Waals surface area contributed by atoms with Crippen LogP contribution in [0.4, 0.5) is 5.69 Å². The van der Waals surface area contributed by atoms with Gasteiger partial charge >= 0.3 is 0 Å². The molecule has 0 amide bonds. The average Bonchev–Trinajstić information content (AvgIpc) is 2.84. The molecule has 17 heavy (non-hydrogen) atoms. The average molecular weight is 295 g/mol. The summed E-state index contributed by atoms with van der Waals surface area (Å²) in [4.78, 5) is 0. The molecule has 4 heteroatoms. The molecule has 1 unspecified atom stereocenters. The van der Waals surface area contributed by atoms with Crippen LogP contribution in [0.25, 0.3) is 0 Å². The summed E-state index contributed by atoms with van der Waals surface area (Å²) >= 11 is 3.36. The van der Waals surface area contributed by atoms with Crippen molar-refractivity contribution in [3.63, 3.8) is 0 Å². The van der Waals surface area contributed by atoms with Crippen LogP contribution in [0.5, 0.6) is 0 Å². The molecule has 1 fully saturated rings. The Hall–Kier alpha value is -1.05. The fourth-order valence-corrected chi connectivity index (χ4v) is 2.35. The minimum Gasteiger partial charge on any atom is -0.384 e. The normalized spacial score (nSPS) is 18.9. The lowest BCUT2D eigenvalue weighted by atomic mass is 10.1. The zero-order chi connectivity index (χ0) is 12.1. The number of halogens is 1. The van der Waals surface area contributed by atoms with Crippen molar-refractivity contribution in [2.45, 2.75) is 12.8 Å². The second-order valence-electron chi connectivity index (χ2n) is 4.25. The highest BCUT2D eigenvalue weighted by Crippen LogP contribution is 2.21. The van der Waals surface area contributed by atoms with E-state index in [4.69, 9.17) is 10.00 Å². The maximum Gasteiger partial charge on any atom is 0.101 e. The first-order valence-corrected chi connectivity index (χ1v) is 6.60. The maximum absolute atomic E-state index is 9.02. The van der Waals surface area contributed by atoms with Crippen molar-refractivity contribution < 1.29 is 4.74 Å². The molecule has 1 aliphatic rings. The van der Waals surface area contributed by atoms with Crippen LogP contribution in [0.3, 0.4) is 0 Å². The van der Waals surface area contributed by atoms with Crippen LogP contribution in [-0.2, 0) is 4.74 Å². The lowest BCUT2D eigenvalue weighted by Gasteiger charge is -2.11. The summed E-state index contributed by atoms with van der Waals surface area (Å²) in [7, 11) is 0. The minimum atomic E-state index is 0.670. The molecule has 1 N–H and O–H groups in total. The van der Waals surface area contributed by atoms with Crippen LogP contribution in [-0.4, -0.2) is 19.8 Å². The van der Waals surface area contributed by atoms with Gasteiger partial charge in [0.2, 0.25) is 0 Å². The first-order chi connectivity index (χ1) is 8.29. The van der Waals surface area contributed by atoms with Gasteiger partial charge in [-0.05, 0) is 37.0 Å². The highest BCUT2D eigenvalue weighted by atomic mass is 79.9. The second kappa shape index (κ2) is 6.04. The number of hydrogen-bond acceptors (Lipinski definition) is 3. The molecule has 0 radical (unpaired) electrons. The van der Waals surface area contributed by atoms with Gasteiger partial charge in [-0.1, -0.05) is 15.9 Å². The van der Waals surface area contributed by atoms with E-state index < -0.39 is 0 Å². The summed E-state index contributed by atoms with van der Waals surface area (Å²) < 4.78 is 6.27. The number of ether oxygens (including phenoxy) is 1. The topological polar surface area (TPSA) is 45.0 Å². The van der Waals surface area contributed by atoms with E-state index in [0.717, 1.165) is 42.8 Å². The Kier molecular flexibility index (Phi) is 4.41. The van der Waals surface area contributed by atoms with E-state index in [1.807, 2.05) is 18.2 Å². The van der Waals surface area contributed by atoms with Crippen molar-refractivity contribution in [2.75, 3.05) is 25.1 Å². The Balaban J connectivity index is 1.88. The Bertz CT molecular complexity index is 422. The molecular formula is C13H15BrN2O. The number of benzene rings is 1. The molecule has 1 aliphatic heterocycles. The highest BCUT2D eigenvalue weighted by Gasteiger charge is 2.14. The smallest absolute Gasteiger partial charge is 0.101 e. The molecule has 1 heterocycles. The Morgan fingerprint density at radius 2 is 2.41 bits per heavy atom. The van der Waals surface area contributed by atoms with Crippen molar-refractivity contribution >= 4 is 21.6 Å². The Labute approximate surface area is 110 Å². The van der Waals surface area contributed by atoms with Gasteiger partial charge in [0.05, 0.1) is 11.3 Å². The fraction of sp³-hybridized carbons (Fsp3) is 0.462. The van der Waals surface area contributed by atoms with Crippen LogP contribution >= 0.6 is 15.9 Å². The van der Waals surface area contributed by atoms with E-state index in [1.54, 1.807) is 0 Å². The van der Waals surface area contributed by atoms with Crippen molar-refractivity contribution in [3.05, 3.63) is 28.2 Å². The van der Waals surface area contributed by atoms with E-state index in [9.17, 15) is 0 Å². The third-order valence-electron chi connectivity index (χ3n) is 2.99. The van der Waals surface area contributed by atoms with E-state index in [-0.39, 0.29) is 0 Å². The molecule has 90 valence electrons. The van der Waals surface area contributed by atoms with Crippen LogP contribution in [0, 0.1) is 17.2 Å². The first-order valence-electron chi connectivity index (χ1n) is 5.81. The van der Waals surface area contributed by atoms with Gasteiger partial charge in [0, 0.05) is 24.2 Å². The number of nitrogens with one attached hydrogen (secondary N) is 1. The molecular weight excluding hydrogens is 280 g/mol. The van der Waals surface area contributed by atoms with Crippen LogP contribution < -0.4 is 5.32 Å². The maximum atomic E-state index is 9.02. The van der Waals surface area contributed by atoms with Gasteiger partial charge in [0.25, 0.3) is 0 Å². The predicted molar refractivity (Wildman–Crippen MR) is 70.9 cm³/mol. The van der Waals surface area contributed by atoms with Gasteiger partial charge in [-0.15, -0.1) is 0 Å². The summed E-state index contributed by atoms with van der Waals surface area (Å²) in [5.41, 5.74) is 1.59. The van der Waals surface area contributed by atoms with Gasteiger partial charge in [0.15, 0.2) is 0 Å². The van der Waals surface area contributed by atoms with E-state index in [0.29, 0.717) is 11.5 Å². The monoisotopic (exact) mass is 294 g/mol. The highest BCUT2D eigenvalue weighted by molar-refractivity contribution is 9.10. The van der Waals surface area contributed by atoms with Crippen molar-refractivity contribution in [1.82, 2.24) is 0 Å². The lowest BCUT2D eigenvalue weighted by molar-refractivity contribution is 0.185. The lowest BCUT2D eigenvalue weighted by Crippen LogP contribution is -2.09. The second-order valence-corrected chi connectivity index (χ2v) is 5.16. The van der Waals surface area contributed by atoms with Crippen molar-refractivity contribution in [1.29, 1.82) is 5.26 Å². The number of rotatable bonds is 4. The van der Waals surface area contributed by atoms with Crippen molar-refractivity contribution in [3.8, 4) is 6.07 Å². The van der Waals surface area contributed by atoms with Gasteiger partial charge in [0.1, 0.15) is 6.07 Å². The quantitative estimate of drug-likeness (QED) is 0.928. The minimum absolute atomic E-state index is 0.670. The molecule has 0 aliphatic carbocycles. The molecule has 1 aromatic carbocycles. The van der Waals surface area contributed by atoms with E-state index in [2.05, 4.69) is 27.3 Å². The molecule has 1 atom stereocenters. The van der Waals surface area contributed by atoms with Gasteiger partial charge in [-0.3, -0.25) is 0 Å². The summed E-state index contributed by atoms with van der Waals surface area (Å²) in [6.45, 7) is 2.67. The summed E-state index contributed by atoms with van der Waals surface area (Å²) in [5, 5.41) is 12.3. The Morgan fingerprint density at radius 1 is 1.53 bits per heavy atom. The molecule has 2 rings (SSSR count). The summed E-state index contributed by atoms with van der Waals surface area (Å²) in [6.07, 6.45) is 2.26. The summed E-state index contributed by atoms with van der Waals surface area (Å²) in [6, 6.07) is 7.92. The standard InChI is InChI=1S/C13H15BrN2O/c14-12-1-2-13(11(7-12)8-15)16-5-3-10-4-6-17-9-10/h1-2,7,10,16H,3-6,9H2. The fourth-order valence-electron chi connectivity index (χ4n) is 1.99. The predicted octanol–water partition coefficient (Wildman–Crippen LogP) is 3.16. The molecule has 0 bridgehead atoms. The van der Waals surface area contributed by atoms with Crippen LogP contribution in [0.1, 0.15) is 18.4 Å². The third kappa shape index (κ3) is 3.45. The van der Waals surface area contributed by atoms with E-state index >= 15 is 0 Å². The van der Waals surface area contributed by atoms with Crippen molar-refractivity contribution in [2.24, 2.45) is 5.92 Å². The zero-order valence-corrected chi connectivity index (χ0v) is 11.2. The number of hydrogen-bond donors (Lipinski definition) is 1. The number of nitriles is 1. The van der Waals surface area contributed by atoms with Gasteiger partial charge < -0.3 is 10.1 Å². The third-order valence-corrected chi connectivity index (χ3v) is 3.49.